The first-order valence-electron chi connectivity index (χ1n) is 7.50. The highest BCUT2D eigenvalue weighted by Crippen LogP contribution is 2.36. The SMILES string of the molecule is Cc1ccc(CC(=O)N/N=C\c2cc3c(cc2Cl)OCO3)c(C)c1. The number of rotatable bonds is 4. The van der Waals surface area contributed by atoms with Gasteiger partial charge in [0, 0.05) is 11.6 Å². The second kappa shape index (κ2) is 6.93. The molecule has 5 nitrogen and oxygen atoms in total. The van der Waals surface area contributed by atoms with E-state index in [0.29, 0.717) is 22.1 Å². The van der Waals surface area contributed by atoms with E-state index >= 15 is 0 Å². The van der Waals surface area contributed by atoms with Crippen LogP contribution in [0.5, 0.6) is 11.5 Å². The number of ether oxygens (including phenoxy) is 2. The molecular weight excluding hydrogens is 328 g/mol. The van der Waals surface area contributed by atoms with E-state index in [1.54, 1.807) is 12.1 Å². The average Bonchev–Trinajstić information content (AvgIpc) is 2.97. The summed E-state index contributed by atoms with van der Waals surface area (Å²) in [6.07, 6.45) is 1.77. The number of hydrogen-bond donors (Lipinski definition) is 1. The molecule has 0 fully saturated rings. The number of benzene rings is 2. The van der Waals surface area contributed by atoms with Crippen LogP contribution in [-0.4, -0.2) is 18.9 Å². The first-order valence-corrected chi connectivity index (χ1v) is 7.88. The van der Waals surface area contributed by atoms with Gasteiger partial charge < -0.3 is 9.47 Å². The van der Waals surface area contributed by atoms with Crippen LogP contribution in [-0.2, 0) is 11.2 Å². The molecule has 0 aromatic heterocycles. The lowest BCUT2D eigenvalue weighted by molar-refractivity contribution is -0.120. The van der Waals surface area contributed by atoms with Crippen molar-refractivity contribution in [2.45, 2.75) is 20.3 Å². The molecule has 24 heavy (non-hydrogen) atoms. The second-order valence-electron chi connectivity index (χ2n) is 5.63. The molecule has 1 heterocycles. The largest absolute Gasteiger partial charge is 0.454 e. The van der Waals surface area contributed by atoms with Gasteiger partial charge in [0.05, 0.1) is 17.7 Å². The topological polar surface area (TPSA) is 59.9 Å². The van der Waals surface area contributed by atoms with Crippen molar-refractivity contribution in [3.05, 3.63) is 57.6 Å². The summed E-state index contributed by atoms with van der Waals surface area (Å²) in [5, 5.41) is 4.44. The number of carbonyl (C=O) groups excluding carboxylic acids is 1. The first-order chi connectivity index (χ1) is 11.5. The van der Waals surface area contributed by atoms with Crippen LogP contribution in [0.3, 0.4) is 0 Å². The van der Waals surface area contributed by atoms with E-state index in [-0.39, 0.29) is 19.1 Å². The molecule has 0 radical (unpaired) electrons. The third-order valence-electron chi connectivity index (χ3n) is 3.73. The van der Waals surface area contributed by atoms with Crippen LogP contribution in [0.15, 0.2) is 35.4 Å². The summed E-state index contributed by atoms with van der Waals surface area (Å²) in [5.41, 5.74) is 6.41. The average molecular weight is 345 g/mol. The van der Waals surface area contributed by atoms with Crippen molar-refractivity contribution >= 4 is 23.7 Å². The highest BCUT2D eigenvalue weighted by molar-refractivity contribution is 6.33. The molecule has 0 unspecified atom stereocenters. The first kappa shape index (κ1) is 16.3. The number of hydrazone groups is 1. The zero-order valence-corrected chi connectivity index (χ0v) is 14.2. The summed E-state index contributed by atoms with van der Waals surface area (Å²) in [6.45, 7) is 4.19. The maximum Gasteiger partial charge on any atom is 0.244 e. The van der Waals surface area contributed by atoms with E-state index in [0.717, 1.165) is 11.1 Å². The lowest BCUT2D eigenvalue weighted by Gasteiger charge is -2.06. The summed E-state index contributed by atoms with van der Waals surface area (Å²) < 4.78 is 10.5. The van der Waals surface area contributed by atoms with Gasteiger partial charge in [-0.05, 0) is 31.0 Å². The second-order valence-corrected chi connectivity index (χ2v) is 6.03. The number of nitrogens with zero attached hydrogens (tertiary/aromatic N) is 1. The van der Waals surface area contributed by atoms with E-state index in [9.17, 15) is 4.79 Å². The minimum Gasteiger partial charge on any atom is -0.454 e. The Morgan fingerprint density at radius 2 is 2.00 bits per heavy atom. The molecule has 2 aromatic carbocycles. The summed E-state index contributed by atoms with van der Waals surface area (Å²) >= 11 is 6.15. The van der Waals surface area contributed by atoms with Crippen LogP contribution >= 0.6 is 11.6 Å². The van der Waals surface area contributed by atoms with E-state index in [2.05, 4.69) is 16.6 Å². The Kier molecular flexibility index (Phi) is 4.71. The highest BCUT2D eigenvalue weighted by atomic mass is 35.5. The molecule has 0 saturated heterocycles. The summed E-state index contributed by atoms with van der Waals surface area (Å²) in [7, 11) is 0. The van der Waals surface area contributed by atoms with Gasteiger partial charge in [-0.2, -0.15) is 5.10 Å². The predicted octanol–water partition coefficient (Wildman–Crippen LogP) is 3.38. The highest BCUT2D eigenvalue weighted by Gasteiger charge is 2.15. The van der Waals surface area contributed by atoms with Crippen molar-refractivity contribution in [3.63, 3.8) is 0 Å². The normalized spacial score (nSPS) is 12.6. The van der Waals surface area contributed by atoms with Crippen molar-refractivity contribution in [1.29, 1.82) is 0 Å². The van der Waals surface area contributed by atoms with Crippen molar-refractivity contribution in [2.24, 2.45) is 5.10 Å². The van der Waals surface area contributed by atoms with E-state index in [1.165, 1.54) is 11.8 Å². The predicted molar refractivity (Wildman–Crippen MR) is 92.9 cm³/mol. The fourth-order valence-corrected chi connectivity index (χ4v) is 2.66. The minimum atomic E-state index is -0.185. The monoisotopic (exact) mass is 344 g/mol. The van der Waals surface area contributed by atoms with Crippen molar-refractivity contribution < 1.29 is 14.3 Å². The number of hydrogen-bond acceptors (Lipinski definition) is 4. The number of aryl methyl sites for hydroxylation is 2. The van der Waals surface area contributed by atoms with E-state index in [1.807, 2.05) is 26.0 Å². The molecule has 1 aliphatic rings. The van der Waals surface area contributed by atoms with E-state index < -0.39 is 0 Å². The molecule has 1 amide bonds. The number of nitrogens with one attached hydrogen (secondary N) is 1. The van der Waals surface area contributed by atoms with Gasteiger partial charge in [-0.25, -0.2) is 5.43 Å². The number of amides is 1. The Hall–Kier alpha value is -2.53. The maximum absolute atomic E-state index is 12.0. The van der Waals surface area contributed by atoms with Gasteiger partial charge in [0.1, 0.15) is 0 Å². The Morgan fingerprint density at radius 1 is 1.25 bits per heavy atom. The quantitative estimate of drug-likeness (QED) is 0.683. The smallest absolute Gasteiger partial charge is 0.244 e. The van der Waals surface area contributed by atoms with Gasteiger partial charge in [0.15, 0.2) is 11.5 Å². The van der Waals surface area contributed by atoms with Crippen molar-refractivity contribution in [2.75, 3.05) is 6.79 Å². The number of halogens is 1. The van der Waals surface area contributed by atoms with Crippen LogP contribution in [0.25, 0.3) is 0 Å². The van der Waals surface area contributed by atoms with E-state index in [4.69, 9.17) is 21.1 Å². The Labute approximate surface area is 145 Å². The van der Waals surface area contributed by atoms with Gasteiger partial charge >= 0.3 is 0 Å². The molecule has 0 atom stereocenters. The molecule has 1 aliphatic heterocycles. The van der Waals surface area contributed by atoms with Crippen LogP contribution in [0.2, 0.25) is 5.02 Å². The standard InChI is InChI=1S/C18H17ClN2O3/c1-11-3-4-13(12(2)5-11)7-18(22)21-20-9-14-6-16-17(8-15(14)19)24-10-23-16/h3-6,8-9H,7,10H2,1-2H3,(H,21,22)/b20-9-. The molecular formula is C18H17ClN2O3. The van der Waals surface area contributed by atoms with Gasteiger partial charge in [-0.1, -0.05) is 35.4 Å². The molecule has 0 bridgehead atoms. The Balaban J connectivity index is 1.63. The fourth-order valence-electron chi connectivity index (χ4n) is 2.46. The molecule has 0 aliphatic carbocycles. The number of carbonyl (C=O) groups is 1. The lowest BCUT2D eigenvalue weighted by Crippen LogP contribution is -2.20. The fraction of sp³-hybridized carbons (Fsp3) is 0.222. The molecule has 3 rings (SSSR count). The maximum atomic E-state index is 12.0. The molecule has 0 spiro atoms. The lowest BCUT2D eigenvalue weighted by atomic mass is 10.0. The number of fused-ring (bicyclic) bond motifs is 1. The molecule has 2 aromatic rings. The molecule has 124 valence electrons. The van der Waals surface area contributed by atoms with Crippen molar-refractivity contribution in [3.8, 4) is 11.5 Å². The third kappa shape index (κ3) is 3.68. The zero-order valence-electron chi connectivity index (χ0n) is 13.4. The van der Waals surface area contributed by atoms with Gasteiger partial charge in [-0.15, -0.1) is 0 Å². The molecule has 0 saturated carbocycles. The van der Waals surface area contributed by atoms with Crippen LogP contribution in [0, 0.1) is 13.8 Å². The van der Waals surface area contributed by atoms with Crippen LogP contribution in [0.1, 0.15) is 22.3 Å². The van der Waals surface area contributed by atoms with Gasteiger partial charge in [-0.3, -0.25) is 4.79 Å². The Bertz CT molecular complexity index is 818. The third-order valence-corrected chi connectivity index (χ3v) is 4.06. The van der Waals surface area contributed by atoms with Crippen LogP contribution in [0.4, 0.5) is 0 Å². The summed E-state index contributed by atoms with van der Waals surface area (Å²) in [4.78, 5) is 12.0. The van der Waals surface area contributed by atoms with Gasteiger partial charge in [0.25, 0.3) is 0 Å². The summed E-state index contributed by atoms with van der Waals surface area (Å²) in [5.74, 6) is 1.04. The Morgan fingerprint density at radius 3 is 2.75 bits per heavy atom. The minimum absolute atomic E-state index is 0.179. The van der Waals surface area contributed by atoms with Gasteiger partial charge in [0.2, 0.25) is 12.7 Å². The molecule has 6 heteroatoms. The zero-order chi connectivity index (χ0) is 17.1. The van der Waals surface area contributed by atoms with Crippen LogP contribution < -0.4 is 14.9 Å². The van der Waals surface area contributed by atoms with Crippen molar-refractivity contribution in [1.82, 2.24) is 5.43 Å². The molecule has 1 N–H and O–H groups in total. The summed E-state index contributed by atoms with van der Waals surface area (Å²) in [6, 6.07) is 9.40.